The fraction of sp³-hybridized carbons (Fsp3) is 0.353. The van der Waals surface area contributed by atoms with Crippen LogP contribution in [0.4, 0.5) is 0 Å². The van der Waals surface area contributed by atoms with E-state index in [2.05, 4.69) is 25.9 Å². The van der Waals surface area contributed by atoms with Gasteiger partial charge < -0.3 is 14.8 Å². The molecule has 2 aliphatic heterocycles. The van der Waals surface area contributed by atoms with Gasteiger partial charge >= 0.3 is 5.97 Å². The van der Waals surface area contributed by atoms with Crippen LogP contribution < -0.4 is 5.32 Å². The summed E-state index contributed by atoms with van der Waals surface area (Å²) in [7, 11) is 0. The van der Waals surface area contributed by atoms with Crippen molar-refractivity contribution in [1.29, 1.82) is 5.26 Å². The van der Waals surface area contributed by atoms with Crippen molar-refractivity contribution in [3.8, 4) is 6.07 Å². The molecule has 0 saturated carbocycles. The number of aliphatic carboxylic acids is 1. The molecule has 0 bridgehead atoms. The summed E-state index contributed by atoms with van der Waals surface area (Å²) >= 11 is 2.43. The Bertz CT molecular complexity index is 1060. The Kier molecular flexibility index (Phi) is 5.96. The first-order valence-electron chi connectivity index (χ1n) is 8.99. The zero-order valence-electron chi connectivity index (χ0n) is 15.7. The smallest absolute Gasteiger partial charge is 0.352 e. The number of aromatic nitrogens is 4. The first kappa shape index (κ1) is 20.9. The van der Waals surface area contributed by atoms with Crippen LogP contribution in [0, 0.1) is 11.3 Å². The van der Waals surface area contributed by atoms with Crippen molar-refractivity contribution in [2.24, 2.45) is 0 Å². The van der Waals surface area contributed by atoms with E-state index in [9.17, 15) is 24.8 Å². The average molecular weight is 461 g/mol. The molecule has 4 rings (SSSR count). The van der Waals surface area contributed by atoms with E-state index in [4.69, 9.17) is 4.42 Å². The lowest BCUT2D eigenvalue weighted by molar-refractivity contribution is -0.150. The maximum absolute atomic E-state index is 12.8. The molecular formula is C17H15N7O5S2. The zero-order chi connectivity index (χ0) is 22.0. The number of β-lactam (4-membered cyclic amide) rings is 1. The summed E-state index contributed by atoms with van der Waals surface area (Å²) in [5, 5.41) is 34.3. The molecule has 14 heteroatoms. The number of amides is 2. The lowest BCUT2D eigenvalue weighted by atomic mass is 10.0. The van der Waals surface area contributed by atoms with Crippen molar-refractivity contribution in [2.75, 3.05) is 5.75 Å². The predicted molar refractivity (Wildman–Crippen MR) is 106 cm³/mol. The van der Waals surface area contributed by atoms with Gasteiger partial charge in [-0.05, 0) is 22.9 Å². The third-order valence-corrected chi connectivity index (χ3v) is 7.09. The molecule has 160 valence electrons. The average Bonchev–Trinajstić information content (AvgIpc) is 3.44. The normalized spacial score (nSPS) is 21.1. The monoisotopic (exact) mass is 461 g/mol. The van der Waals surface area contributed by atoms with Crippen LogP contribution in [0.3, 0.4) is 0 Å². The van der Waals surface area contributed by atoms with Crippen molar-refractivity contribution in [3.63, 3.8) is 0 Å². The van der Waals surface area contributed by atoms with E-state index < -0.39 is 34.4 Å². The summed E-state index contributed by atoms with van der Waals surface area (Å²) in [4.78, 5) is 38.2. The number of carboxylic acids is 1. The topological polar surface area (TPSA) is 178 Å². The van der Waals surface area contributed by atoms with Crippen molar-refractivity contribution in [2.45, 2.75) is 34.7 Å². The minimum absolute atomic E-state index is 0.00187. The van der Waals surface area contributed by atoms with Gasteiger partial charge in [0, 0.05) is 11.0 Å². The summed E-state index contributed by atoms with van der Waals surface area (Å²) in [5.41, 5.74) is 0.264. The molecule has 2 unspecified atom stereocenters. The van der Waals surface area contributed by atoms with E-state index in [-0.39, 0.29) is 29.4 Å². The largest absolute Gasteiger partial charge is 0.477 e. The standard InChI is InChI=1S/C17H15N7O5S2/c18-4-3-10(31-17-20-22-23-21-17)9-7-30-15-12(14(26)24(15)13(9)16(27)28)19-11(25)6-8-2-1-5-29-8/h1-2,5,10,12,15H,3,6-7H2,(H,19,25)(H,27,28)(H,20,21,22,23)/t10?,12?,15-/m1/s1. The number of carbonyl (C=O) groups excluding carboxylic acids is 2. The molecule has 2 aromatic rings. The quantitative estimate of drug-likeness (QED) is 0.360. The fourth-order valence-corrected chi connectivity index (χ4v) is 5.79. The molecule has 0 radical (unpaired) electrons. The van der Waals surface area contributed by atoms with E-state index in [1.807, 2.05) is 6.07 Å². The van der Waals surface area contributed by atoms with E-state index in [1.165, 1.54) is 22.9 Å². The highest BCUT2D eigenvalue weighted by Crippen LogP contribution is 2.44. The number of aromatic amines is 1. The molecule has 4 heterocycles. The van der Waals surface area contributed by atoms with Crippen LogP contribution in [0.15, 0.2) is 39.2 Å². The van der Waals surface area contributed by atoms with Crippen molar-refractivity contribution >= 4 is 41.3 Å². The molecule has 2 aromatic heterocycles. The number of thioether (sulfide) groups is 2. The van der Waals surface area contributed by atoms with Gasteiger partial charge in [0.2, 0.25) is 11.1 Å². The summed E-state index contributed by atoms with van der Waals surface area (Å²) < 4.78 is 5.13. The van der Waals surface area contributed by atoms with Gasteiger partial charge in [0.1, 0.15) is 22.9 Å². The first-order chi connectivity index (χ1) is 15.0. The Morgan fingerprint density at radius 1 is 1.55 bits per heavy atom. The maximum atomic E-state index is 12.8. The van der Waals surface area contributed by atoms with E-state index in [1.54, 1.807) is 12.1 Å². The number of carboxylic acid groups (broad SMARTS) is 1. The summed E-state index contributed by atoms with van der Waals surface area (Å²) in [6.45, 7) is 0. The Balaban J connectivity index is 1.53. The minimum Gasteiger partial charge on any atom is -0.477 e. The number of rotatable bonds is 8. The van der Waals surface area contributed by atoms with Crippen molar-refractivity contribution < 1.29 is 23.9 Å². The highest BCUT2D eigenvalue weighted by molar-refractivity contribution is 8.01. The van der Waals surface area contributed by atoms with Crippen LogP contribution in [-0.4, -0.2) is 70.8 Å². The number of fused-ring (bicyclic) bond motifs is 1. The molecule has 12 nitrogen and oxygen atoms in total. The molecule has 1 saturated heterocycles. The number of nitrogens with zero attached hydrogens (tertiary/aromatic N) is 5. The second kappa shape index (κ2) is 8.82. The van der Waals surface area contributed by atoms with E-state index >= 15 is 0 Å². The molecule has 0 aromatic carbocycles. The van der Waals surface area contributed by atoms with Gasteiger partial charge in [-0.3, -0.25) is 14.5 Å². The highest BCUT2D eigenvalue weighted by Gasteiger charge is 2.54. The van der Waals surface area contributed by atoms with Crippen LogP contribution in [-0.2, 0) is 20.8 Å². The molecule has 3 N–H and O–H groups in total. The van der Waals surface area contributed by atoms with Crippen LogP contribution in [0.5, 0.6) is 0 Å². The molecule has 3 atom stereocenters. The molecule has 1 fully saturated rings. The zero-order valence-corrected chi connectivity index (χ0v) is 17.4. The number of nitriles is 1. The van der Waals surface area contributed by atoms with Gasteiger partial charge in [0.15, 0.2) is 0 Å². The van der Waals surface area contributed by atoms with Gasteiger partial charge in [-0.15, -0.1) is 22.0 Å². The third-order valence-electron chi connectivity index (χ3n) is 4.67. The molecule has 2 aliphatic rings. The second-order valence-electron chi connectivity index (χ2n) is 6.55. The van der Waals surface area contributed by atoms with Gasteiger partial charge in [-0.25, -0.2) is 4.79 Å². The maximum Gasteiger partial charge on any atom is 0.352 e. The highest BCUT2D eigenvalue weighted by atomic mass is 32.2. The number of carbonyl (C=O) groups is 3. The third kappa shape index (κ3) is 4.14. The van der Waals surface area contributed by atoms with Gasteiger partial charge in [0.25, 0.3) is 5.91 Å². The predicted octanol–water partition coefficient (Wildman–Crippen LogP) is 0.148. The lowest BCUT2D eigenvalue weighted by Gasteiger charge is -2.50. The Labute approximate surface area is 183 Å². The number of hydrogen-bond acceptors (Lipinski definition) is 10. The summed E-state index contributed by atoms with van der Waals surface area (Å²) in [5.74, 6) is -1.44. The SMILES string of the molecule is N#CCC(Sc1nn[nH]n1)C1=C(C(=O)O)N2C(=O)C(NC(=O)Cc3ccco3)[C@H]2SC1. The van der Waals surface area contributed by atoms with Crippen LogP contribution in [0.2, 0.25) is 0 Å². The van der Waals surface area contributed by atoms with Gasteiger partial charge in [0.05, 0.1) is 25.2 Å². The van der Waals surface area contributed by atoms with Crippen LogP contribution >= 0.6 is 23.5 Å². The summed E-state index contributed by atoms with van der Waals surface area (Å²) in [6.07, 6.45) is 1.43. The molecule has 0 spiro atoms. The number of tetrazole rings is 1. The number of H-pyrrole nitrogens is 1. The molecule has 0 aliphatic carbocycles. The van der Waals surface area contributed by atoms with Crippen molar-refractivity contribution in [3.05, 3.63) is 35.4 Å². The van der Waals surface area contributed by atoms with E-state index in [0.29, 0.717) is 11.3 Å². The Hall–Kier alpha value is -3.31. The van der Waals surface area contributed by atoms with Gasteiger partial charge in [-0.1, -0.05) is 11.8 Å². The molecule has 31 heavy (non-hydrogen) atoms. The number of furan rings is 1. The van der Waals surface area contributed by atoms with Crippen molar-refractivity contribution in [1.82, 2.24) is 30.8 Å². The second-order valence-corrected chi connectivity index (χ2v) is 8.83. The molecular weight excluding hydrogens is 446 g/mol. The van der Waals surface area contributed by atoms with E-state index in [0.717, 1.165) is 11.8 Å². The summed E-state index contributed by atoms with van der Waals surface area (Å²) in [6, 6.07) is 4.51. The fourth-order valence-electron chi connectivity index (χ4n) is 3.33. The minimum atomic E-state index is -1.27. The molecule has 2 amide bonds. The Morgan fingerprint density at radius 3 is 3.03 bits per heavy atom. The van der Waals surface area contributed by atoms with Gasteiger partial charge in [-0.2, -0.15) is 10.5 Å². The van der Waals surface area contributed by atoms with Crippen LogP contribution in [0.1, 0.15) is 12.2 Å². The van der Waals surface area contributed by atoms with Crippen LogP contribution in [0.25, 0.3) is 0 Å². The Morgan fingerprint density at radius 2 is 2.39 bits per heavy atom. The number of hydrogen-bond donors (Lipinski definition) is 3. The number of nitrogens with one attached hydrogen (secondary N) is 2. The lowest BCUT2D eigenvalue weighted by Crippen LogP contribution is -2.70. The first-order valence-corrected chi connectivity index (χ1v) is 10.9.